The molecule has 7 heteroatoms. The van der Waals surface area contributed by atoms with E-state index in [1.165, 1.54) is 24.3 Å². The van der Waals surface area contributed by atoms with Gasteiger partial charge in [-0.15, -0.1) is 0 Å². The van der Waals surface area contributed by atoms with Crippen LogP contribution in [0.3, 0.4) is 0 Å². The van der Waals surface area contributed by atoms with Gasteiger partial charge in [-0.25, -0.2) is 4.79 Å². The Balaban J connectivity index is 2.27. The zero-order chi connectivity index (χ0) is 15.6. The number of carbonyl (C=O) groups excluding carboxylic acids is 1. The van der Waals surface area contributed by atoms with Gasteiger partial charge >= 0.3 is 5.97 Å². The molecule has 1 amide bonds. The van der Waals surface area contributed by atoms with E-state index in [1.54, 1.807) is 12.1 Å². The summed E-state index contributed by atoms with van der Waals surface area (Å²) in [7, 11) is 0. The van der Waals surface area contributed by atoms with Gasteiger partial charge in [-0.05, 0) is 36.4 Å². The van der Waals surface area contributed by atoms with E-state index in [0.29, 0.717) is 15.7 Å². The normalized spacial score (nSPS) is 10.1. The van der Waals surface area contributed by atoms with Crippen LogP contribution in [0.1, 0.15) is 20.7 Å². The van der Waals surface area contributed by atoms with Gasteiger partial charge in [0.05, 0.1) is 0 Å². The van der Waals surface area contributed by atoms with Crippen LogP contribution >= 0.6 is 15.9 Å². The number of phenols is 1. The minimum atomic E-state index is -1.28. The minimum absolute atomic E-state index is 0.258. The van der Waals surface area contributed by atoms with Crippen LogP contribution in [0.4, 0.5) is 11.4 Å². The molecule has 21 heavy (non-hydrogen) atoms. The van der Waals surface area contributed by atoms with Crippen LogP contribution in [-0.2, 0) is 0 Å². The van der Waals surface area contributed by atoms with E-state index in [1.807, 2.05) is 0 Å². The molecule has 2 aromatic carbocycles. The topological polar surface area (TPSA) is 113 Å². The van der Waals surface area contributed by atoms with E-state index in [9.17, 15) is 14.7 Å². The fourth-order valence-electron chi connectivity index (χ4n) is 1.73. The molecule has 0 heterocycles. The lowest BCUT2D eigenvalue weighted by Crippen LogP contribution is -2.13. The zero-order valence-corrected chi connectivity index (χ0v) is 12.2. The lowest BCUT2D eigenvalue weighted by Gasteiger charge is -2.08. The highest BCUT2D eigenvalue weighted by molar-refractivity contribution is 9.10. The van der Waals surface area contributed by atoms with Crippen molar-refractivity contribution in [3.8, 4) is 5.75 Å². The number of halogens is 1. The molecule has 0 saturated heterocycles. The maximum Gasteiger partial charge on any atom is 0.339 e. The first kappa shape index (κ1) is 14.9. The van der Waals surface area contributed by atoms with Gasteiger partial charge < -0.3 is 21.3 Å². The summed E-state index contributed by atoms with van der Waals surface area (Å²) in [5.41, 5.74) is 6.37. The summed E-state index contributed by atoms with van der Waals surface area (Å²) in [5.74, 6) is -2.09. The van der Waals surface area contributed by atoms with Gasteiger partial charge in [0, 0.05) is 21.4 Å². The van der Waals surface area contributed by atoms with Crippen LogP contribution in [0.2, 0.25) is 0 Å². The Morgan fingerprint density at radius 1 is 1.14 bits per heavy atom. The molecule has 2 aromatic rings. The molecule has 0 aliphatic heterocycles. The van der Waals surface area contributed by atoms with Crippen LogP contribution < -0.4 is 11.1 Å². The highest BCUT2D eigenvalue weighted by Crippen LogP contribution is 2.23. The van der Waals surface area contributed by atoms with Crippen molar-refractivity contribution in [1.29, 1.82) is 0 Å². The summed E-state index contributed by atoms with van der Waals surface area (Å²) in [5, 5.41) is 20.9. The molecule has 108 valence electrons. The molecular formula is C14H11BrN2O4. The Morgan fingerprint density at radius 2 is 1.86 bits per heavy atom. The molecule has 0 saturated carbocycles. The van der Waals surface area contributed by atoms with E-state index >= 15 is 0 Å². The monoisotopic (exact) mass is 350 g/mol. The number of benzene rings is 2. The second-order valence-electron chi connectivity index (χ2n) is 4.26. The van der Waals surface area contributed by atoms with Gasteiger partial charge in [-0.2, -0.15) is 0 Å². The smallest absolute Gasteiger partial charge is 0.339 e. The number of hydrogen-bond donors (Lipinski definition) is 4. The van der Waals surface area contributed by atoms with Crippen molar-refractivity contribution in [2.75, 3.05) is 11.1 Å². The van der Waals surface area contributed by atoms with E-state index in [2.05, 4.69) is 21.2 Å². The highest BCUT2D eigenvalue weighted by Gasteiger charge is 2.13. The SMILES string of the molecule is Nc1cc(Br)cc(C(=O)Nc2ccc(O)c(C(=O)O)c2)c1. The molecule has 0 aliphatic carbocycles. The average Bonchev–Trinajstić information content (AvgIpc) is 2.39. The number of anilines is 2. The van der Waals surface area contributed by atoms with Crippen LogP contribution in [-0.4, -0.2) is 22.1 Å². The van der Waals surface area contributed by atoms with Gasteiger partial charge in [0.2, 0.25) is 0 Å². The molecule has 0 atom stereocenters. The first-order chi connectivity index (χ1) is 9.86. The lowest BCUT2D eigenvalue weighted by atomic mass is 10.1. The van der Waals surface area contributed by atoms with Crippen molar-refractivity contribution in [3.05, 3.63) is 52.0 Å². The number of carbonyl (C=O) groups is 2. The van der Waals surface area contributed by atoms with Crippen molar-refractivity contribution in [1.82, 2.24) is 0 Å². The molecule has 0 aromatic heterocycles. The Labute approximate surface area is 128 Å². The Bertz CT molecular complexity index is 711. The molecular weight excluding hydrogens is 340 g/mol. The van der Waals surface area contributed by atoms with Crippen molar-refractivity contribution in [2.24, 2.45) is 0 Å². The fraction of sp³-hybridized carbons (Fsp3) is 0. The Kier molecular flexibility index (Phi) is 4.13. The van der Waals surface area contributed by atoms with Gasteiger partial charge in [0.1, 0.15) is 11.3 Å². The summed E-state index contributed by atoms with van der Waals surface area (Å²) in [6, 6.07) is 8.52. The molecule has 0 radical (unpaired) electrons. The van der Waals surface area contributed by atoms with E-state index in [0.717, 1.165) is 0 Å². The number of carboxylic acid groups (broad SMARTS) is 1. The number of aromatic carboxylic acids is 1. The Morgan fingerprint density at radius 3 is 2.48 bits per heavy atom. The maximum atomic E-state index is 12.1. The van der Waals surface area contributed by atoms with Gasteiger partial charge in [-0.3, -0.25) is 4.79 Å². The number of nitrogen functional groups attached to an aromatic ring is 1. The molecule has 0 spiro atoms. The predicted octanol–water partition coefficient (Wildman–Crippen LogP) is 2.69. The molecule has 0 fully saturated rings. The first-order valence-corrected chi connectivity index (χ1v) is 6.60. The molecule has 2 rings (SSSR count). The molecule has 0 aliphatic rings. The summed E-state index contributed by atoms with van der Waals surface area (Å²) in [6.45, 7) is 0. The lowest BCUT2D eigenvalue weighted by molar-refractivity contribution is 0.0693. The number of carboxylic acids is 1. The number of rotatable bonds is 3. The van der Waals surface area contributed by atoms with Crippen LogP contribution in [0.5, 0.6) is 5.75 Å². The standard InChI is InChI=1S/C14H11BrN2O4/c15-8-3-7(4-9(16)5-8)13(19)17-10-1-2-12(18)11(6-10)14(20)21/h1-6,18H,16H2,(H,17,19)(H,20,21). The first-order valence-electron chi connectivity index (χ1n) is 5.80. The van der Waals surface area contributed by atoms with Crippen LogP contribution in [0.15, 0.2) is 40.9 Å². The van der Waals surface area contributed by atoms with Gasteiger partial charge in [0.15, 0.2) is 0 Å². The molecule has 0 unspecified atom stereocenters. The van der Waals surface area contributed by atoms with E-state index < -0.39 is 11.9 Å². The third-order valence-corrected chi connectivity index (χ3v) is 3.12. The number of nitrogens with two attached hydrogens (primary N) is 1. The summed E-state index contributed by atoms with van der Waals surface area (Å²) >= 11 is 3.24. The van der Waals surface area contributed by atoms with E-state index in [4.69, 9.17) is 10.8 Å². The zero-order valence-electron chi connectivity index (χ0n) is 10.6. The van der Waals surface area contributed by atoms with Crippen LogP contribution in [0, 0.1) is 0 Å². The van der Waals surface area contributed by atoms with Crippen molar-refractivity contribution in [3.63, 3.8) is 0 Å². The third kappa shape index (κ3) is 3.51. The molecule has 5 N–H and O–H groups in total. The van der Waals surface area contributed by atoms with Gasteiger partial charge in [0.25, 0.3) is 5.91 Å². The second kappa shape index (κ2) is 5.84. The average molecular weight is 351 g/mol. The largest absolute Gasteiger partial charge is 0.507 e. The Hall–Kier alpha value is -2.54. The highest BCUT2D eigenvalue weighted by atomic mass is 79.9. The number of hydrogen-bond acceptors (Lipinski definition) is 4. The number of aromatic hydroxyl groups is 1. The summed E-state index contributed by atoms with van der Waals surface area (Å²) in [6.07, 6.45) is 0. The van der Waals surface area contributed by atoms with Crippen LogP contribution in [0.25, 0.3) is 0 Å². The predicted molar refractivity (Wildman–Crippen MR) is 81.6 cm³/mol. The maximum absolute atomic E-state index is 12.1. The third-order valence-electron chi connectivity index (χ3n) is 2.67. The van der Waals surface area contributed by atoms with Gasteiger partial charge in [-0.1, -0.05) is 15.9 Å². The molecule has 0 bridgehead atoms. The second-order valence-corrected chi connectivity index (χ2v) is 5.18. The molecule has 6 nitrogen and oxygen atoms in total. The summed E-state index contributed by atoms with van der Waals surface area (Å²) < 4.78 is 0.657. The van der Waals surface area contributed by atoms with Crippen molar-refractivity contribution < 1.29 is 19.8 Å². The number of amides is 1. The quantitative estimate of drug-likeness (QED) is 0.502. The van der Waals surface area contributed by atoms with Crippen molar-refractivity contribution >= 4 is 39.2 Å². The van der Waals surface area contributed by atoms with E-state index in [-0.39, 0.29) is 17.0 Å². The minimum Gasteiger partial charge on any atom is -0.507 e. The summed E-state index contributed by atoms with van der Waals surface area (Å²) in [4.78, 5) is 23.0. The number of nitrogens with one attached hydrogen (secondary N) is 1. The fourth-order valence-corrected chi connectivity index (χ4v) is 2.24. The van der Waals surface area contributed by atoms with Crippen molar-refractivity contribution in [2.45, 2.75) is 0 Å².